The van der Waals surface area contributed by atoms with Crippen LogP contribution in [0.2, 0.25) is 0 Å². The first-order chi connectivity index (χ1) is 17.8. The van der Waals surface area contributed by atoms with Crippen LogP contribution in [0.1, 0.15) is 31.1 Å². The predicted octanol–water partition coefficient (Wildman–Crippen LogP) is 5.19. The van der Waals surface area contributed by atoms with Gasteiger partial charge < -0.3 is 20.8 Å². The van der Waals surface area contributed by atoms with E-state index in [4.69, 9.17) is 5.11 Å². The van der Waals surface area contributed by atoms with Crippen LogP contribution < -0.4 is 10.6 Å². The Morgan fingerprint density at radius 3 is 2.35 bits per heavy atom. The van der Waals surface area contributed by atoms with Crippen LogP contribution in [0.3, 0.4) is 0 Å². The van der Waals surface area contributed by atoms with Crippen molar-refractivity contribution in [1.82, 2.24) is 4.98 Å². The molecule has 0 saturated carbocycles. The number of benzene rings is 3. The van der Waals surface area contributed by atoms with Gasteiger partial charge in [0.1, 0.15) is 0 Å². The van der Waals surface area contributed by atoms with Crippen molar-refractivity contribution in [2.45, 2.75) is 4.90 Å². The summed E-state index contributed by atoms with van der Waals surface area (Å²) in [5.41, 5.74) is 1.30. The number of carboxylic acid groups (broad SMARTS) is 2. The molecule has 4 N–H and O–H groups in total. The molecule has 0 aliphatic heterocycles. The number of thiazole rings is 1. The Bertz CT molecular complexity index is 1490. The molecule has 0 aliphatic carbocycles. The van der Waals surface area contributed by atoms with E-state index in [1.165, 1.54) is 29.2 Å². The van der Waals surface area contributed by atoms with Gasteiger partial charge in [0.05, 0.1) is 28.1 Å². The maximum absolute atomic E-state index is 12.7. The first-order valence-corrected chi connectivity index (χ1v) is 12.6. The SMILES string of the molecule is O=C(CSc1cccc(NC(=O)c2ccc(C(=O)O)cc2C(=O)O)c1)Nc1nc(-c2ccccc2)cs1. The van der Waals surface area contributed by atoms with Crippen molar-refractivity contribution in [3.05, 3.63) is 94.9 Å². The molecule has 0 bridgehead atoms. The standard InChI is InChI=1S/C26H19N3O6S2/c30-22(29-26-28-21(13-37-26)15-5-2-1-3-6-15)14-36-18-8-4-7-17(12-18)27-23(31)19-10-9-16(24(32)33)11-20(19)25(34)35/h1-13H,14H2,(H,27,31)(H,32,33)(H,34,35)(H,28,29,30). The van der Waals surface area contributed by atoms with Gasteiger partial charge in [0.15, 0.2) is 5.13 Å². The second-order valence-electron chi connectivity index (χ2n) is 7.59. The minimum absolute atomic E-state index is 0.109. The zero-order chi connectivity index (χ0) is 26.4. The quantitative estimate of drug-likeness (QED) is 0.215. The number of nitrogens with zero attached hydrogens (tertiary/aromatic N) is 1. The van der Waals surface area contributed by atoms with Crippen molar-refractivity contribution >= 4 is 57.7 Å². The smallest absolute Gasteiger partial charge is 0.336 e. The molecule has 11 heteroatoms. The Morgan fingerprint density at radius 1 is 0.838 bits per heavy atom. The van der Waals surface area contributed by atoms with Gasteiger partial charge in [-0.2, -0.15) is 0 Å². The predicted molar refractivity (Wildman–Crippen MR) is 142 cm³/mol. The second kappa shape index (κ2) is 11.5. The summed E-state index contributed by atoms with van der Waals surface area (Å²) in [6, 6.07) is 19.6. The third-order valence-corrected chi connectivity index (χ3v) is 6.77. The average molecular weight is 534 g/mol. The van der Waals surface area contributed by atoms with E-state index in [-0.39, 0.29) is 22.8 Å². The number of hydrogen-bond acceptors (Lipinski definition) is 7. The van der Waals surface area contributed by atoms with E-state index in [1.807, 2.05) is 35.7 Å². The van der Waals surface area contributed by atoms with Crippen LogP contribution in [-0.2, 0) is 4.79 Å². The summed E-state index contributed by atoms with van der Waals surface area (Å²) < 4.78 is 0. The highest BCUT2D eigenvalue weighted by Gasteiger charge is 2.19. The van der Waals surface area contributed by atoms with E-state index in [9.17, 15) is 24.3 Å². The molecule has 4 rings (SSSR count). The summed E-state index contributed by atoms with van der Waals surface area (Å²) in [4.78, 5) is 53.0. The molecular formula is C26H19N3O6S2. The molecule has 9 nitrogen and oxygen atoms in total. The fraction of sp³-hybridized carbons (Fsp3) is 0.0385. The summed E-state index contributed by atoms with van der Waals surface area (Å²) in [6.45, 7) is 0. The number of carbonyl (C=O) groups excluding carboxylic acids is 2. The number of rotatable bonds is 9. The molecule has 1 heterocycles. The third-order valence-electron chi connectivity index (χ3n) is 5.02. The summed E-state index contributed by atoms with van der Waals surface area (Å²) in [5, 5.41) is 26.2. The van der Waals surface area contributed by atoms with Crippen LogP contribution in [-0.4, -0.2) is 44.7 Å². The van der Waals surface area contributed by atoms with Gasteiger partial charge in [-0.3, -0.25) is 9.59 Å². The summed E-state index contributed by atoms with van der Waals surface area (Å²) in [5.74, 6) is -3.54. The molecule has 37 heavy (non-hydrogen) atoms. The molecule has 0 aliphatic rings. The molecule has 4 aromatic rings. The lowest BCUT2D eigenvalue weighted by Gasteiger charge is -2.10. The Labute approximate surface area is 219 Å². The van der Waals surface area contributed by atoms with Gasteiger partial charge in [0, 0.05) is 21.5 Å². The Morgan fingerprint density at radius 2 is 1.62 bits per heavy atom. The maximum Gasteiger partial charge on any atom is 0.336 e. The summed E-state index contributed by atoms with van der Waals surface area (Å²) in [7, 11) is 0. The number of carboxylic acids is 2. The summed E-state index contributed by atoms with van der Waals surface area (Å²) in [6.07, 6.45) is 0. The Hall–Kier alpha value is -4.48. The monoisotopic (exact) mass is 533 g/mol. The largest absolute Gasteiger partial charge is 0.478 e. The molecule has 0 saturated heterocycles. The van der Waals surface area contributed by atoms with E-state index in [0.29, 0.717) is 15.7 Å². The number of thioether (sulfide) groups is 1. The van der Waals surface area contributed by atoms with Gasteiger partial charge in [0.25, 0.3) is 5.91 Å². The van der Waals surface area contributed by atoms with Crippen molar-refractivity contribution in [2.24, 2.45) is 0 Å². The molecule has 0 unspecified atom stereocenters. The Balaban J connectivity index is 1.37. The van der Waals surface area contributed by atoms with E-state index >= 15 is 0 Å². The molecule has 1 aromatic heterocycles. The highest BCUT2D eigenvalue weighted by atomic mass is 32.2. The van der Waals surface area contributed by atoms with Gasteiger partial charge in [-0.15, -0.1) is 23.1 Å². The number of nitrogens with one attached hydrogen (secondary N) is 2. The van der Waals surface area contributed by atoms with E-state index in [1.54, 1.807) is 24.3 Å². The van der Waals surface area contributed by atoms with Gasteiger partial charge >= 0.3 is 11.9 Å². The molecule has 3 aromatic carbocycles. The van der Waals surface area contributed by atoms with Crippen LogP contribution in [0.4, 0.5) is 10.8 Å². The van der Waals surface area contributed by atoms with Crippen LogP contribution in [0.5, 0.6) is 0 Å². The molecular weight excluding hydrogens is 514 g/mol. The average Bonchev–Trinajstić information content (AvgIpc) is 3.36. The number of amides is 2. The van der Waals surface area contributed by atoms with Gasteiger partial charge in [-0.1, -0.05) is 36.4 Å². The number of anilines is 2. The molecule has 0 radical (unpaired) electrons. The summed E-state index contributed by atoms with van der Waals surface area (Å²) >= 11 is 2.59. The fourth-order valence-electron chi connectivity index (χ4n) is 3.29. The van der Waals surface area contributed by atoms with Crippen molar-refractivity contribution in [3.63, 3.8) is 0 Å². The normalized spacial score (nSPS) is 10.5. The zero-order valence-electron chi connectivity index (χ0n) is 19.0. The molecule has 0 atom stereocenters. The van der Waals surface area contributed by atoms with Crippen molar-refractivity contribution in [2.75, 3.05) is 16.4 Å². The molecule has 0 fully saturated rings. The van der Waals surface area contributed by atoms with Crippen LogP contribution in [0, 0.1) is 0 Å². The highest BCUT2D eigenvalue weighted by molar-refractivity contribution is 8.00. The second-order valence-corrected chi connectivity index (χ2v) is 9.50. The van der Waals surface area contributed by atoms with Gasteiger partial charge in [0.2, 0.25) is 5.91 Å². The molecule has 2 amide bonds. The van der Waals surface area contributed by atoms with Crippen molar-refractivity contribution < 1.29 is 29.4 Å². The first-order valence-electron chi connectivity index (χ1n) is 10.8. The number of carbonyl (C=O) groups is 4. The lowest BCUT2D eigenvalue weighted by Crippen LogP contribution is -2.17. The van der Waals surface area contributed by atoms with Gasteiger partial charge in [-0.25, -0.2) is 14.6 Å². The Kier molecular flexibility index (Phi) is 7.96. The topological polar surface area (TPSA) is 146 Å². The lowest BCUT2D eigenvalue weighted by molar-refractivity contribution is -0.113. The minimum atomic E-state index is -1.42. The number of hydrogen-bond donors (Lipinski definition) is 4. The zero-order valence-corrected chi connectivity index (χ0v) is 20.6. The maximum atomic E-state index is 12.7. The lowest BCUT2D eigenvalue weighted by atomic mass is 10.0. The highest BCUT2D eigenvalue weighted by Crippen LogP contribution is 2.26. The van der Waals surface area contributed by atoms with E-state index < -0.39 is 23.4 Å². The van der Waals surface area contributed by atoms with Gasteiger partial charge in [-0.05, 0) is 36.4 Å². The minimum Gasteiger partial charge on any atom is -0.478 e. The van der Waals surface area contributed by atoms with E-state index in [0.717, 1.165) is 23.4 Å². The molecule has 0 spiro atoms. The van der Waals surface area contributed by atoms with E-state index in [2.05, 4.69) is 15.6 Å². The third kappa shape index (κ3) is 6.60. The van der Waals surface area contributed by atoms with Crippen molar-refractivity contribution in [3.8, 4) is 11.3 Å². The fourth-order valence-corrected chi connectivity index (χ4v) is 4.78. The number of aromatic carboxylic acids is 2. The van der Waals surface area contributed by atoms with Crippen LogP contribution >= 0.6 is 23.1 Å². The number of aromatic nitrogens is 1. The van der Waals surface area contributed by atoms with Crippen LogP contribution in [0.25, 0.3) is 11.3 Å². The van der Waals surface area contributed by atoms with Crippen LogP contribution in [0.15, 0.2) is 83.1 Å². The van der Waals surface area contributed by atoms with Crippen molar-refractivity contribution in [1.29, 1.82) is 0 Å². The molecule has 186 valence electrons. The first kappa shape index (κ1) is 25.6.